The Kier molecular flexibility index (Phi) is 5.50. The lowest BCUT2D eigenvalue weighted by atomic mass is 10.1. The molecule has 2 N–H and O–H groups in total. The number of pyridine rings is 1. The fourth-order valence-electron chi connectivity index (χ4n) is 2.79. The third kappa shape index (κ3) is 4.88. The highest BCUT2D eigenvalue weighted by molar-refractivity contribution is 7.91. The number of carbonyl (C=O) groups excluding carboxylic acids is 2. The van der Waals surface area contributed by atoms with Crippen molar-refractivity contribution in [3.63, 3.8) is 0 Å². The maximum Gasteiger partial charge on any atom is 0.253 e. The molecule has 0 aliphatic carbocycles. The van der Waals surface area contributed by atoms with Gasteiger partial charge in [-0.1, -0.05) is 18.2 Å². The number of halogens is 1. The van der Waals surface area contributed by atoms with Gasteiger partial charge in [0.25, 0.3) is 11.8 Å². The van der Waals surface area contributed by atoms with Gasteiger partial charge in [-0.3, -0.25) is 14.6 Å². The maximum atomic E-state index is 13.6. The summed E-state index contributed by atoms with van der Waals surface area (Å²) in [4.78, 5) is 28.4. The minimum atomic E-state index is -3.11. The van der Waals surface area contributed by atoms with Gasteiger partial charge >= 0.3 is 0 Å². The lowest BCUT2D eigenvalue weighted by Gasteiger charge is -2.11. The van der Waals surface area contributed by atoms with Crippen LogP contribution in [0, 0.1) is 5.82 Å². The van der Waals surface area contributed by atoms with E-state index in [-0.39, 0.29) is 29.2 Å². The number of benzene rings is 1. The number of rotatable bonds is 5. The molecule has 0 bridgehead atoms. The van der Waals surface area contributed by atoms with Crippen molar-refractivity contribution >= 4 is 21.7 Å². The molecule has 7 nitrogen and oxygen atoms in total. The van der Waals surface area contributed by atoms with Crippen molar-refractivity contribution in [1.29, 1.82) is 0 Å². The van der Waals surface area contributed by atoms with E-state index in [0.29, 0.717) is 12.0 Å². The molecule has 1 aliphatic rings. The number of aromatic nitrogens is 1. The smallest absolute Gasteiger partial charge is 0.253 e. The molecule has 1 unspecified atom stereocenters. The Labute approximate surface area is 155 Å². The molecular formula is C18H18FN3O4S. The van der Waals surface area contributed by atoms with Crippen LogP contribution in [0.1, 0.15) is 32.7 Å². The molecule has 1 saturated heterocycles. The first-order valence-corrected chi connectivity index (χ1v) is 10.1. The standard InChI is InChI=1S/C18H18FN3O4S/c19-16-4-2-1-3-12(16)10-21-17(23)13-7-14(9-20-8-13)18(24)22-15-5-6-27(25,26)11-15/h1-4,7-9,15H,5-6,10-11H2,(H,21,23)(H,22,24). The number of amides is 2. The maximum absolute atomic E-state index is 13.6. The quantitative estimate of drug-likeness (QED) is 0.793. The zero-order chi connectivity index (χ0) is 19.4. The van der Waals surface area contributed by atoms with Crippen LogP contribution >= 0.6 is 0 Å². The lowest BCUT2D eigenvalue weighted by Crippen LogP contribution is -2.35. The minimum Gasteiger partial charge on any atom is -0.348 e. The molecule has 0 saturated carbocycles. The molecule has 1 aliphatic heterocycles. The van der Waals surface area contributed by atoms with Crippen LogP contribution in [0.5, 0.6) is 0 Å². The van der Waals surface area contributed by atoms with E-state index in [4.69, 9.17) is 0 Å². The summed E-state index contributed by atoms with van der Waals surface area (Å²) in [5.74, 6) is -1.45. The second-order valence-corrected chi connectivity index (χ2v) is 8.54. The molecule has 27 heavy (non-hydrogen) atoms. The van der Waals surface area contributed by atoms with Crippen molar-refractivity contribution in [2.24, 2.45) is 0 Å². The second kappa shape index (κ2) is 7.83. The molecule has 1 aromatic carbocycles. The molecule has 2 aromatic rings. The van der Waals surface area contributed by atoms with Crippen LogP contribution in [0.25, 0.3) is 0 Å². The number of hydrogen-bond donors (Lipinski definition) is 2. The molecule has 1 aromatic heterocycles. The summed E-state index contributed by atoms with van der Waals surface area (Å²) in [6.45, 7) is 0.00185. The summed E-state index contributed by atoms with van der Waals surface area (Å²) >= 11 is 0. The SMILES string of the molecule is O=C(NCc1ccccc1F)c1cncc(C(=O)NC2CCS(=O)(=O)C2)c1. The first-order chi connectivity index (χ1) is 12.8. The molecule has 9 heteroatoms. The van der Waals surface area contributed by atoms with E-state index in [1.807, 2.05) is 0 Å². The zero-order valence-electron chi connectivity index (χ0n) is 14.3. The molecule has 142 valence electrons. The number of nitrogens with zero attached hydrogens (tertiary/aromatic N) is 1. The Bertz CT molecular complexity index is 978. The van der Waals surface area contributed by atoms with E-state index >= 15 is 0 Å². The Morgan fingerprint density at radius 1 is 1.15 bits per heavy atom. The van der Waals surface area contributed by atoms with Gasteiger partial charge in [0.1, 0.15) is 5.82 Å². The van der Waals surface area contributed by atoms with Gasteiger partial charge in [0.05, 0.1) is 22.6 Å². The summed E-state index contributed by atoms with van der Waals surface area (Å²) in [7, 11) is -3.11. The van der Waals surface area contributed by atoms with Crippen LogP contribution in [0.4, 0.5) is 4.39 Å². The Morgan fingerprint density at radius 3 is 2.52 bits per heavy atom. The first kappa shape index (κ1) is 19.0. The van der Waals surface area contributed by atoms with Crippen molar-refractivity contribution in [3.8, 4) is 0 Å². The lowest BCUT2D eigenvalue weighted by molar-refractivity contribution is 0.0940. The van der Waals surface area contributed by atoms with Crippen molar-refractivity contribution < 1.29 is 22.4 Å². The van der Waals surface area contributed by atoms with Gasteiger partial charge < -0.3 is 10.6 Å². The number of sulfone groups is 1. The van der Waals surface area contributed by atoms with E-state index in [1.54, 1.807) is 18.2 Å². The molecule has 2 heterocycles. The van der Waals surface area contributed by atoms with E-state index in [9.17, 15) is 22.4 Å². The predicted octanol–water partition coefficient (Wildman–Crippen LogP) is 1.07. The van der Waals surface area contributed by atoms with E-state index in [1.165, 1.54) is 24.5 Å². The van der Waals surface area contributed by atoms with Crippen molar-refractivity contribution in [2.75, 3.05) is 11.5 Å². The summed E-state index contributed by atoms with van der Waals surface area (Å²) < 4.78 is 36.5. The highest BCUT2D eigenvalue weighted by Gasteiger charge is 2.29. The molecule has 2 amide bonds. The summed E-state index contributed by atoms with van der Waals surface area (Å²) in [5, 5.41) is 5.22. The fraction of sp³-hybridized carbons (Fsp3) is 0.278. The monoisotopic (exact) mass is 391 g/mol. The molecule has 1 fully saturated rings. The third-order valence-electron chi connectivity index (χ3n) is 4.23. The summed E-state index contributed by atoms with van der Waals surface area (Å²) in [5.41, 5.74) is 0.644. The second-order valence-electron chi connectivity index (χ2n) is 6.31. The Balaban J connectivity index is 1.63. The van der Waals surface area contributed by atoms with Crippen molar-refractivity contribution in [2.45, 2.75) is 19.0 Å². The topological polar surface area (TPSA) is 105 Å². The Hall–Kier alpha value is -2.81. The average Bonchev–Trinajstić information content (AvgIpc) is 2.99. The van der Waals surface area contributed by atoms with Crippen molar-refractivity contribution in [3.05, 3.63) is 65.2 Å². The van der Waals surface area contributed by atoms with E-state index in [0.717, 1.165) is 0 Å². The molecule has 0 radical (unpaired) electrons. The first-order valence-electron chi connectivity index (χ1n) is 8.32. The largest absolute Gasteiger partial charge is 0.348 e. The van der Waals surface area contributed by atoms with Gasteiger partial charge in [-0.05, 0) is 18.6 Å². The van der Waals surface area contributed by atoms with E-state index < -0.39 is 33.5 Å². The van der Waals surface area contributed by atoms with Gasteiger partial charge in [0, 0.05) is 30.5 Å². The number of nitrogens with one attached hydrogen (secondary N) is 2. The minimum absolute atomic E-state index is 0.00185. The van der Waals surface area contributed by atoms with Gasteiger partial charge in [0.15, 0.2) is 9.84 Å². The van der Waals surface area contributed by atoms with Crippen LogP contribution in [0.2, 0.25) is 0 Å². The molecular weight excluding hydrogens is 373 g/mol. The molecule has 1 atom stereocenters. The number of hydrogen-bond acceptors (Lipinski definition) is 5. The third-order valence-corrected chi connectivity index (χ3v) is 6.00. The van der Waals surface area contributed by atoms with E-state index in [2.05, 4.69) is 15.6 Å². The number of carbonyl (C=O) groups is 2. The van der Waals surface area contributed by atoms with Crippen LogP contribution in [0.15, 0.2) is 42.7 Å². The van der Waals surface area contributed by atoms with Crippen LogP contribution < -0.4 is 10.6 Å². The van der Waals surface area contributed by atoms with Crippen LogP contribution in [-0.4, -0.2) is 42.8 Å². The molecule has 0 spiro atoms. The van der Waals surface area contributed by atoms with Gasteiger partial charge in [-0.15, -0.1) is 0 Å². The highest BCUT2D eigenvalue weighted by Crippen LogP contribution is 2.13. The van der Waals surface area contributed by atoms with Gasteiger partial charge in [-0.2, -0.15) is 0 Å². The fourth-order valence-corrected chi connectivity index (χ4v) is 4.46. The van der Waals surface area contributed by atoms with Crippen LogP contribution in [-0.2, 0) is 16.4 Å². The van der Waals surface area contributed by atoms with Gasteiger partial charge in [0.2, 0.25) is 0 Å². The molecule has 3 rings (SSSR count). The van der Waals surface area contributed by atoms with Gasteiger partial charge in [-0.25, -0.2) is 12.8 Å². The van der Waals surface area contributed by atoms with Crippen LogP contribution in [0.3, 0.4) is 0 Å². The Morgan fingerprint density at radius 2 is 1.85 bits per heavy atom. The zero-order valence-corrected chi connectivity index (χ0v) is 15.1. The normalized spacial score (nSPS) is 18.0. The summed E-state index contributed by atoms with van der Waals surface area (Å²) in [6.07, 6.45) is 2.96. The van der Waals surface area contributed by atoms with Crippen molar-refractivity contribution in [1.82, 2.24) is 15.6 Å². The highest BCUT2D eigenvalue weighted by atomic mass is 32.2. The predicted molar refractivity (Wildman–Crippen MR) is 96.3 cm³/mol. The summed E-state index contributed by atoms with van der Waals surface area (Å²) in [6, 6.07) is 7.01. The average molecular weight is 391 g/mol.